The maximum absolute atomic E-state index is 13.1. The third-order valence-electron chi connectivity index (χ3n) is 4.55. The number of halogens is 3. The Morgan fingerprint density at radius 1 is 1.12 bits per heavy atom. The molecule has 1 N–H and O–H groups in total. The molecule has 7 heteroatoms. The van der Waals surface area contributed by atoms with Gasteiger partial charge in [-0.1, -0.05) is 18.2 Å². The Kier molecular flexibility index (Phi) is 6.01. The third-order valence-corrected chi connectivity index (χ3v) is 4.55. The van der Waals surface area contributed by atoms with E-state index in [0.29, 0.717) is 19.8 Å². The van der Waals surface area contributed by atoms with Crippen LogP contribution in [0.15, 0.2) is 40.8 Å². The molecule has 0 spiro atoms. The van der Waals surface area contributed by atoms with Crippen LogP contribution in [-0.4, -0.2) is 37.7 Å². The first kappa shape index (κ1) is 18.9. The molecule has 1 fully saturated rings. The normalized spacial score (nSPS) is 17.4. The first-order valence-corrected chi connectivity index (χ1v) is 8.69. The van der Waals surface area contributed by atoms with Crippen molar-refractivity contribution in [2.24, 2.45) is 0 Å². The quantitative estimate of drug-likeness (QED) is 0.842. The zero-order valence-electron chi connectivity index (χ0n) is 14.7. The molecule has 1 saturated heterocycles. The minimum absolute atomic E-state index is 0.0364. The predicted octanol–water partition coefficient (Wildman–Crippen LogP) is 3.77. The number of nitrogens with one attached hydrogen (secondary N) is 1. The molecule has 4 nitrogen and oxygen atoms in total. The van der Waals surface area contributed by atoms with Crippen molar-refractivity contribution in [1.82, 2.24) is 10.2 Å². The fourth-order valence-electron chi connectivity index (χ4n) is 3.23. The summed E-state index contributed by atoms with van der Waals surface area (Å²) in [7, 11) is 0. The van der Waals surface area contributed by atoms with Crippen LogP contribution in [0.5, 0.6) is 0 Å². The summed E-state index contributed by atoms with van der Waals surface area (Å²) < 4.78 is 50.6. The van der Waals surface area contributed by atoms with E-state index in [1.807, 2.05) is 19.1 Å². The number of morpholine rings is 1. The highest BCUT2D eigenvalue weighted by molar-refractivity contribution is 5.29. The first-order chi connectivity index (χ1) is 12.4. The highest BCUT2D eigenvalue weighted by atomic mass is 19.4. The molecule has 0 amide bonds. The Hall–Kier alpha value is -1.83. The Labute approximate surface area is 150 Å². The lowest BCUT2D eigenvalue weighted by atomic mass is 10.1. The highest BCUT2D eigenvalue weighted by Gasteiger charge is 2.33. The number of aryl methyl sites for hydroxylation is 1. The average Bonchev–Trinajstić information content (AvgIpc) is 3.05. The summed E-state index contributed by atoms with van der Waals surface area (Å²) in [5.74, 6) is 1.64. The lowest BCUT2D eigenvalue weighted by Crippen LogP contribution is -2.42. The Bertz CT molecular complexity index is 709. The van der Waals surface area contributed by atoms with Crippen LogP contribution in [-0.2, 0) is 17.5 Å². The molecule has 1 aromatic heterocycles. The van der Waals surface area contributed by atoms with Gasteiger partial charge >= 0.3 is 6.18 Å². The fourth-order valence-corrected chi connectivity index (χ4v) is 3.23. The fraction of sp³-hybridized carbons (Fsp3) is 0.474. The summed E-state index contributed by atoms with van der Waals surface area (Å²) in [5, 5.41) is 3.18. The Balaban J connectivity index is 1.69. The van der Waals surface area contributed by atoms with Gasteiger partial charge < -0.3 is 14.5 Å². The minimum atomic E-state index is -4.35. The number of rotatable bonds is 6. The first-order valence-electron chi connectivity index (χ1n) is 8.69. The molecule has 1 aliphatic rings. The highest BCUT2D eigenvalue weighted by Crippen LogP contribution is 2.32. The molecule has 0 radical (unpaired) electrons. The molecular weight excluding hydrogens is 345 g/mol. The average molecular weight is 368 g/mol. The topological polar surface area (TPSA) is 37.6 Å². The number of hydrogen-bond donors (Lipinski definition) is 1. The smallest absolute Gasteiger partial charge is 0.416 e. The molecule has 0 bridgehead atoms. The van der Waals surface area contributed by atoms with Gasteiger partial charge in [-0.05, 0) is 30.7 Å². The third kappa shape index (κ3) is 4.66. The van der Waals surface area contributed by atoms with E-state index in [4.69, 9.17) is 9.15 Å². The summed E-state index contributed by atoms with van der Waals surface area (Å²) in [5.41, 5.74) is -0.347. The molecule has 0 aliphatic carbocycles. The standard InChI is InChI=1S/C19H23F3N2O2/c1-14-6-7-18(26-14)17(24-8-10-25-11-9-24)13-23-12-15-4-2-3-5-16(15)19(20,21)22/h2-7,17,23H,8-13H2,1H3. The van der Waals surface area contributed by atoms with Gasteiger partial charge in [-0.15, -0.1) is 0 Å². The number of hydrogen-bond acceptors (Lipinski definition) is 4. The number of furan rings is 1. The van der Waals surface area contributed by atoms with Crippen LogP contribution in [0.1, 0.15) is 28.7 Å². The van der Waals surface area contributed by atoms with E-state index in [2.05, 4.69) is 10.2 Å². The monoisotopic (exact) mass is 368 g/mol. The predicted molar refractivity (Wildman–Crippen MR) is 91.7 cm³/mol. The van der Waals surface area contributed by atoms with Gasteiger partial charge in [-0.25, -0.2) is 0 Å². The maximum atomic E-state index is 13.1. The molecule has 26 heavy (non-hydrogen) atoms. The van der Waals surface area contributed by atoms with E-state index in [1.54, 1.807) is 6.07 Å². The van der Waals surface area contributed by atoms with E-state index in [0.717, 1.165) is 30.7 Å². The summed E-state index contributed by atoms with van der Waals surface area (Å²) in [6.45, 7) is 5.36. The van der Waals surface area contributed by atoms with Gasteiger partial charge in [0.1, 0.15) is 11.5 Å². The van der Waals surface area contributed by atoms with E-state index >= 15 is 0 Å². The second-order valence-corrected chi connectivity index (χ2v) is 6.40. The van der Waals surface area contributed by atoms with Gasteiger partial charge in [0.2, 0.25) is 0 Å². The van der Waals surface area contributed by atoms with Crippen molar-refractivity contribution >= 4 is 0 Å². The van der Waals surface area contributed by atoms with Crippen LogP contribution in [0.2, 0.25) is 0 Å². The van der Waals surface area contributed by atoms with E-state index in [9.17, 15) is 13.2 Å². The Morgan fingerprint density at radius 2 is 1.85 bits per heavy atom. The maximum Gasteiger partial charge on any atom is 0.416 e. The molecule has 3 rings (SSSR count). The molecule has 2 heterocycles. The van der Waals surface area contributed by atoms with Crippen molar-refractivity contribution in [3.63, 3.8) is 0 Å². The van der Waals surface area contributed by atoms with Crippen LogP contribution in [0, 0.1) is 6.92 Å². The van der Waals surface area contributed by atoms with Crippen LogP contribution in [0.3, 0.4) is 0 Å². The lowest BCUT2D eigenvalue weighted by Gasteiger charge is -2.33. The zero-order valence-corrected chi connectivity index (χ0v) is 14.7. The molecule has 0 saturated carbocycles. The van der Waals surface area contributed by atoms with E-state index in [1.165, 1.54) is 12.1 Å². The van der Waals surface area contributed by atoms with Gasteiger partial charge in [0.15, 0.2) is 0 Å². The molecule has 1 aromatic carbocycles. The van der Waals surface area contributed by atoms with Gasteiger partial charge in [-0.3, -0.25) is 4.90 Å². The summed E-state index contributed by atoms with van der Waals surface area (Å²) >= 11 is 0. The van der Waals surface area contributed by atoms with Gasteiger partial charge in [0.05, 0.1) is 24.8 Å². The van der Waals surface area contributed by atoms with Crippen molar-refractivity contribution in [2.45, 2.75) is 25.7 Å². The molecular formula is C19H23F3N2O2. The van der Waals surface area contributed by atoms with Crippen LogP contribution in [0.4, 0.5) is 13.2 Å². The van der Waals surface area contributed by atoms with Crippen LogP contribution in [0.25, 0.3) is 0 Å². The van der Waals surface area contributed by atoms with Gasteiger partial charge in [-0.2, -0.15) is 13.2 Å². The minimum Gasteiger partial charge on any atom is -0.465 e. The number of nitrogens with zero attached hydrogens (tertiary/aromatic N) is 1. The van der Waals surface area contributed by atoms with Crippen molar-refractivity contribution in [3.05, 3.63) is 59.0 Å². The molecule has 1 unspecified atom stereocenters. The summed E-state index contributed by atoms with van der Waals surface area (Å²) in [6, 6.07) is 9.47. The van der Waals surface area contributed by atoms with Crippen molar-refractivity contribution in [1.29, 1.82) is 0 Å². The largest absolute Gasteiger partial charge is 0.465 e. The number of ether oxygens (including phenoxy) is 1. The molecule has 1 aliphatic heterocycles. The van der Waals surface area contributed by atoms with Crippen molar-refractivity contribution in [2.75, 3.05) is 32.8 Å². The van der Waals surface area contributed by atoms with Crippen molar-refractivity contribution < 1.29 is 22.3 Å². The Morgan fingerprint density at radius 3 is 2.50 bits per heavy atom. The summed E-state index contributed by atoms with van der Waals surface area (Å²) in [4.78, 5) is 2.24. The molecule has 1 atom stereocenters. The molecule has 142 valence electrons. The second-order valence-electron chi connectivity index (χ2n) is 6.40. The van der Waals surface area contributed by atoms with Gasteiger partial charge in [0.25, 0.3) is 0 Å². The van der Waals surface area contributed by atoms with Crippen LogP contribution < -0.4 is 5.32 Å². The van der Waals surface area contributed by atoms with E-state index < -0.39 is 11.7 Å². The molecule has 2 aromatic rings. The zero-order chi connectivity index (χ0) is 18.6. The summed E-state index contributed by atoms with van der Waals surface area (Å²) in [6.07, 6.45) is -4.35. The number of benzene rings is 1. The lowest BCUT2D eigenvalue weighted by molar-refractivity contribution is -0.138. The SMILES string of the molecule is Cc1ccc(C(CNCc2ccccc2C(F)(F)F)N2CCOCC2)o1. The second kappa shape index (κ2) is 8.24. The van der Waals surface area contributed by atoms with Crippen LogP contribution >= 0.6 is 0 Å². The van der Waals surface area contributed by atoms with Gasteiger partial charge in [0, 0.05) is 26.2 Å². The van der Waals surface area contributed by atoms with Crippen molar-refractivity contribution in [3.8, 4) is 0 Å². The van der Waals surface area contributed by atoms with E-state index in [-0.39, 0.29) is 18.2 Å². The number of alkyl halides is 3.